The first-order valence-corrected chi connectivity index (χ1v) is 6.80. The number of carbonyl (C=O) groups excluding carboxylic acids is 2. The van der Waals surface area contributed by atoms with Gasteiger partial charge < -0.3 is 19.7 Å². The molecule has 0 radical (unpaired) electrons. The van der Waals surface area contributed by atoms with E-state index in [1.807, 2.05) is 0 Å². The lowest BCUT2D eigenvalue weighted by Crippen LogP contribution is -2.41. The van der Waals surface area contributed by atoms with Crippen molar-refractivity contribution >= 4 is 11.8 Å². The summed E-state index contributed by atoms with van der Waals surface area (Å²) in [4.78, 5) is 25.4. The van der Waals surface area contributed by atoms with Crippen LogP contribution in [-0.2, 0) is 4.79 Å². The van der Waals surface area contributed by atoms with Crippen LogP contribution in [0.25, 0.3) is 0 Å². The molecule has 2 rings (SSSR count). The van der Waals surface area contributed by atoms with Crippen LogP contribution in [0.3, 0.4) is 0 Å². The molecule has 0 aliphatic carbocycles. The number of furan rings is 1. The van der Waals surface area contributed by atoms with E-state index in [0.717, 1.165) is 6.42 Å². The summed E-state index contributed by atoms with van der Waals surface area (Å²) in [6.07, 6.45) is 3.43. The average molecular weight is 280 g/mol. The minimum absolute atomic E-state index is 0.0539. The third kappa shape index (κ3) is 3.84. The monoisotopic (exact) mass is 280 g/mol. The maximum atomic E-state index is 12.0. The van der Waals surface area contributed by atoms with Gasteiger partial charge in [0.2, 0.25) is 5.91 Å². The minimum Gasteiger partial charge on any atom is -0.459 e. The first-order chi connectivity index (χ1) is 9.48. The zero-order chi connectivity index (χ0) is 14.6. The Balaban J connectivity index is 1.81. The molecule has 1 aliphatic rings. The number of nitrogens with zero attached hydrogens (tertiary/aromatic N) is 1. The molecule has 0 aromatic carbocycles. The molecule has 0 spiro atoms. The molecule has 1 saturated heterocycles. The van der Waals surface area contributed by atoms with Crippen LogP contribution < -0.4 is 5.32 Å². The Bertz CT molecular complexity index is 468. The third-order valence-corrected chi connectivity index (χ3v) is 3.56. The Morgan fingerprint density at radius 2 is 2.25 bits per heavy atom. The Morgan fingerprint density at radius 1 is 1.45 bits per heavy atom. The smallest absolute Gasteiger partial charge is 0.287 e. The van der Waals surface area contributed by atoms with Gasteiger partial charge in [-0.3, -0.25) is 9.59 Å². The molecular formula is C14H20N2O4. The highest BCUT2D eigenvalue weighted by Gasteiger charge is 2.27. The maximum Gasteiger partial charge on any atom is 0.287 e. The Hall–Kier alpha value is -1.82. The van der Waals surface area contributed by atoms with Crippen molar-refractivity contribution < 1.29 is 19.1 Å². The standard InChI is InChI=1S/C14H20N2O4/c1-14(19)5-3-7-16(8-6-14)12(17)10-15-13(18)11-4-2-9-20-11/h2,4,9,19H,3,5-8,10H2,1H3,(H,15,18). The van der Waals surface area contributed by atoms with Crippen LogP contribution in [-0.4, -0.2) is 47.1 Å². The highest BCUT2D eigenvalue weighted by molar-refractivity contribution is 5.94. The molecule has 1 fully saturated rings. The first-order valence-electron chi connectivity index (χ1n) is 6.80. The van der Waals surface area contributed by atoms with E-state index in [-0.39, 0.29) is 18.2 Å². The molecule has 0 saturated carbocycles. The van der Waals surface area contributed by atoms with Gasteiger partial charge in [-0.05, 0) is 38.3 Å². The Kier molecular flexibility index (Phi) is 4.44. The molecule has 1 aliphatic heterocycles. The van der Waals surface area contributed by atoms with E-state index in [0.29, 0.717) is 25.9 Å². The molecule has 0 bridgehead atoms. The molecule has 20 heavy (non-hydrogen) atoms. The van der Waals surface area contributed by atoms with E-state index in [4.69, 9.17) is 4.42 Å². The normalized spacial score (nSPS) is 23.2. The summed E-state index contributed by atoms with van der Waals surface area (Å²) in [6, 6.07) is 3.16. The molecule has 2 amide bonds. The predicted octanol–water partition coefficient (Wildman–Crippen LogP) is 0.773. The van der Waals surface area contributed by atoms with Crippen molar-refractivity contribution in [2.24, 2.45) is 0 Å². The minimum atomic E-state index is -0.702. The summed E-state index contributed by atoms with van der Waals surface area (Å²) in [6.45, 7) is 2.87. The molecule has 2 N–H and O–H groups in total. The van der Waals surface area contributed by atoms with Crippen molar-refractivity contribution in [2.75, 3.05) is 19.6 Å². The summed E-state index contributed by atoms with van der Waals surface area (Å²) < 4.78 is 4.95. The lowest BCUT2D eigenvalue weighted by Gasteiger charge is -2.22. The van der Waals surface area contributed by atoms with Crippen molar-refractivity contribution in [3.05, 3.63) is 24.2 Å². The van der Waals surface area contributed by atoms with Gasteiger partial charge >= 0.3 is 0 Å². The van der Waals surface area contributed by atoms with E-state index in [2.05, 4.69) is 5.32 Å². The lowest BCUT2D eigenvalue weighted by atomic mass is 9.98. The van der Waals surface area contributed by atoms with Crippen molar-refractivity contribution in [1.82, 2.24) is 10.2 Å². The zero-order valence-electron chi connectivity index (χ0n) is 11.6. The lowest BCUT2D eigenvalue weighted by molar-refractivity contribution is -0.130. The molecule has 1 aromatic rings. The number of hydrogen-bond acceptors (Lipinski definition) is 4. The fourth-order valence-corrected chi connectivity index (χ4v) is 2.28. The molecule has 110 valence electrons. The predicted molar refractivity (Wildman–Crippen MR) is 72.1 cm³/mol. The number of aliphatic hydroxyl groups is 1. The molecule has 1 unspecified atom stereocenters. The van der Waals surface area contributed by atoms with Crippen LogP contribution in [0.15, 0.2) is 22.8 Å². The summed E-state index contributed by atoms with van der Waals surface area (Å²) >= 11 is 0. The summed E-state index contributed by atoms with van der Waals surface area (Å²) in [5.41, 5.74) is -0.702. The third-order valence-electron chi connectivity index (χ3n) is 3.56. The van der Waals surface area contributed by atoms with Crippen molar-refractivity contribution in [3.63, 3.8) is 0 Å². The molecular weight excluding hydrogens is 260 g/mol. The summed E-state index contributed by atoms with van der Waals surface area (Å²) in [5.74, 6) is -0.343. The highest BCUT2D eigenvalue weighted by atomic mass is 16.3. The largest absolute Gasteiger partial charge is 0.459 e. The Labute approximate surface area is 117 Å². The van der Waals surface area contributed by atoms with Gasteiger partial charge in [-0.2, -0.15) is 0 Å². The summed E-state index contributed by atoms with van der Waals surface area (Å²) in [7, 11) is 0. The van der Waals surface area contributed by atoms with Crippen LogP contribution in [0.1, 0.15) is 36.7 Å². The molecule has 6 nitrogen and oxygen atoms in total. The van der Waals surface area contributed by atoms with Gasteiger partial charge in [0.05, 0.1) is 18.4 Å². The average Bonchev–Trinajstić information content (AvgIpc) is 2.87. The van der Waals surface area contributed by atoms with Crippen molar-refractivity contribution in [1.29, 1.82) is 0 Å². The van der Waals surface area contributed by atoms with Crippen molar-refractivity contribution in [2.45, 2.75) is 31.8 Å². The van der Waals surface area contributed by atoms with E-state index in [9.17, 15) is 14.7 Å². The molecule has 2 heterocycles. The number of rotatable bonds is 3. The number of nitrogens with one attached hydrogen (secondary N) is 1. The highest BCUT2D eigenvalue weighted by Crippen LogP contribution is 2.21. The van der Waals surface area contributed by atoms with Gasteiger partial charge in [0.25, 0.3) is 5.91 Å². The van der Waals surface area contributed by atoms with Crippen molar-refractivity contribution in [3.8, 4) is 0 Å². The second-order valence-electron chi connectivity index (χ2n) is 5.39. The van der Waals surface area contributed by atoms with Gasteiger partial charge in [0, 0.05) is 13.1 Å². The summed E-state index contributed by atoms with van der Waals surface area (Å²) in [5, 5.41) is 12.5. The number of likely N-dealkylation sites (tertiary alicyclic amines) is 1. The Morgan fingerprint density at radius 3 is 2.95 bits per heavy atom. The quantitative estimate of drug-likeness (QED) is 0.857. The van der Waals surface area contributed by atoms with E-state index >= 15 is 0 Å². The number of hydrogen-bond donors (Lipinski definition) is 2. The van der Waals surface area contributed by atoms with E-state index in [1.165, 1.54) is 6.26 Å². The van der Waals surface area contributed by atoms with Crippen LogP contribution in [0.5, 0.6) is 0 Å². The maximum absolute atomic E-state index is 12.0. The van der Waals surface area contributed by atoms with Gasteiger partial charge in [-0.1, -0.05) is 0 Å². The second-order valence-corrected chi connectivity index (χ2v) is 5.39. The van der Waals surface area contributed by atoms with Gasteiger partial charge in [-0.15, -0.1) is 0 Å². The SMILES string of the molecule is CC1(O)CCCN(C(=O)CNC(=O)c2ccco2)CC1. The van der Waals surface area contributed by atoms with E-state index in [1.54, 1.807) is 24.0 Å². The number of carbonyl (C=O) groups is 2. The fraction of sp³-hybridized carbons (Fsp3) is 0.571. The van der Waals surface area contributed by atoms with Gasteiger partial charge in [0.15, 0.2) is 5.76 Å². The second kappa shape index (κ2) is 6.09. The van der Waals surface area contributed by atoms with E-state index < -0.39 is 11.5 Å². The first kappa shape index (κ1) is 14.6. The molecule has 1 atom stereocenters. The van der Waals surface area contributed by atoms with Gasteiger partial charge in [0.1, 0.15) is 0 Å². The fourth-order valence-electron chi connectivity index (χ4n) is 2.28. The van der Waals surface area contributed by atoms with Crippen LogP contribution >= 0.6 is 0 Å². The number of amides is 2. The molecule has 6 heteroatoms. The van der Waals surface area contributed by atoms with Crippen LogP contribution in [0.2, 0.25) is 0 Å². The van der Waals surface area contributed by atoms with Gasteiger partial charge in [-0.25, -0.2) is 0 Å². The zero-order valence-corrected chi connectivity index (χ0v) is 11.6. The molecule has 1 aromatic heterocycles. The van der Waals surface area contributed by atoms with Crippen LogP contribution in [0, 0.1) is 0 Å². The van der Waals surface area contributed by atoms with Crippen LogP contribution in [0.4, 0.5) is 0 Å². The topological polar surface area (TPSA) is 82.8 Å².